The monoisotopic (exact) mass is 334 g/mol. The van der Waals surface area contributed by atoms with Gasteiger partial charge >= 0.3 is 6.09 Å². The van der Waals surface area contributed by atoms with Crippen molar-refractivity contribution in [1.82, 2.24) is 25.4 Å². The van der Waals surface area contributed by atoms with Gasteiger partial charge in [0.15, 0.2) is 5.82 Å². The summed E-state index contributed by atoms with van der Waals surface area (Å²) >= 11 is 0. The first-order valence-corrected chi connectivity index (χ1v) is 7.43. The topological polar surface area (TPSA) is 129 Å². The molecule has 0 saturated carbocycles. The van der Waals surface area contributed by atoms with Crippen LogP contribution in [0, 0.1) is 6.92 Å². The van der Waals surface area contributed by atoms with Gasteiger partial charge in [0.2, 0.25) is 0 Å². The van der Waals surface area contributed by atoms with E-state index >= 15 is 0 Å². The van der Waals surface area contributed by atoms with Gasteiger partial charge in [0.05, 0.1) is 0 Å². The van der Waals surface area contributed by atoms with Crippen LogP contribution in [0.4, 0.5) is 10.6 Å². The molecule has 0 radical (unpaired) electrons. The molecule has 2 aromatic heterocycles. The molecule has 9 heteroatoms. The van der Waals surface area contributed by atoms with E-state index < -0.39 is 17.2 Å². The molecule has 2 aromatic rings. The number of nitrogens with zero attached hydrogens (tertiary/aromatic N) is 4. The standard InChI is InChI=1S/C15H22N6O3/c1-8-17-7-9(10(16)18-8)11-19-12(21-24-11)15(5,6)20-13(22)23-14(2,3)4/h7H,1-6H3,(H,20,22)(H2,16,17,18). The van der Waals surface area contributed by atoms with E-state index in [0.717, 1.165) is 0 Å². The molecule has 1 amide bonds. The largest absolute Gasteiger partial charge is 0.444 e. The maximum atomic E-state index is 12.0. The molecule has 3 N–H and O–H groups in total. The molecule has 0 unspecified atom stereocenters. The van der Waals surface area contributed by atoms with Gasteiger partial charge in [-0.25, -0.2) is 14.8 Å². The maximum absolute atomic E-state index is 12.0. The lowest BCUT2D eigenvalue weighted by Crippen LogP contribution is -2.44. The number of aromatic nitrogens is 4. The van der Waals surface area contributed by atoms with Crippen molar-refractivity contribution in [2.24, 2.45) is 0 Å². The minimum absolute atomic E-state index is 0.182. The van der Waals surface area contributed by atoms with Crippen molar-refractivity contribution in [2.45, 2.75) is 52.7 Å². The van der Waals surface area contributed by atoms with E-state index in [-0.39, 0.29) is 17.5 Å². The van der Waals surface area contributed by atoms with Crippen LogP contribution < -0.4 is 11.1 Å². The number of anilines is 1. The summed E-state index contributed by atoms with van der Waals surface area (Å²) in [5, 5.41) is 6.62. The van der Waals surface area contributed by atoms with Gasteiger partial charge in [0.1, 0.15) is 28.3 Å². The first-order valence-electron chi connectivity index (χ1n) is 7.43. The van der Waals surface area contributed by atoms with Crippen molar-refractivity contribution in [3.8, 4) is 11.5 Å². The third-order valence-electron chi connectivity index (χ3n) is 2.97. The number of rotatable bonds is 3. The number of nitrogens with one attached hydrogen (secondary N) is 1. The normalized spacial score (nSPS) is 12.1. The average Bonchev–Trinajstić information content (AvgIpc) is 2.85. The molecule has 9 nitrogen and oxygen atoms in total. The van der Waals surface area contributed by atoms with Crippen LogP contribution >= 0.6 is 0 Å². The Hall–Kier alpha value is -2.71. The molecule has 0 atom stereocenters. The van der Waals surface area contributed by atoms with Crippen LogP contribution in [0.15, 0.2) is 10.7 Å². The van der Waals surface area contributed by atoms with Crippen molar-refractivity contribution < 1.29 is 14.1 Å². The van der Waals surface area contributed by atoms with Crippen LogP contribution in [0.25, 0.3) is 11.5 Å². The van der Waals surface area contributed by atoms with Gasteiger partial charge in [-0.1, -0.05) is 5.16 Å². The van der Waals surface area contributed by atoms with Crippen molar-refractivity contribution in [1.29, 1.82) is 0 Å². The van der Waals surface area contributed by atoms with E-state index in [4.69, 9.17) is 15.0 Å². The van der Waals surface area contributed by atoms with Crippen LogP contribution in [0.3, 0.4) is 0 Å². The smallest absolute Gasteiger partial charge is 0.408 e. The van der Waals surface area contributed by atoms with Crippen LogP contribution in [0.2, 0.25) is 0 Å². The zero-order valence-corrected chi connectivity index (χ0v) is 14.7. The van der Waals surface area contributed by atoms with E-state index in [2.05, 4.69) is 25.4 Å². The number of amides is 1. The Kier molecular flexibility index (Phi) is 4.46. The van der Waals surface area contributed by atoms with Crippen molar-refractivity contribution in [3.05, 3.63) is 17.8 Å². The Morgan fingerprint density at radius 2 is 1.92 bits per heavy atom. The van der Waals surface area contributed by atoms with E-state index in [1.54, 1.807) is 41.5 Å². The highest BCUT2D eigenvalue weighted by Gasteiger charge is 2.31. The zero-order chi connectivity index (χ0) is 18.1. The summed E-state index contributed by atoms with van der Waals surface area (Å²) in [5.41, 5.74) is 4.79. The van der Waals surface area contributed by atoms with Crippen molar-refractivity contribution >= 4 is 11.9 Å². The molecular formula is C15H22N6O3. The highest BCUT2D eigenvalue weighted by Crippen LogP contribution is 2.25. The van der Waals surface area contributed by atoms with E-state index in [1.165, 1.54) is 6.20 Å². The molecule has 0 aromatic carbocycles. The lowest BCUT2D eigenvalue weighted by Gasteiger charge is -2.26. The number of hydrogen-bond donors (Lipinski definition) is 2. The van der Waals surface area contributed by atoms with Crippen molar-refractivity contribution in [3.63, 3.8) is 0 Å². The second kappa shape index (κ2) is 6.06. The minimum atomic E-state index is -0.898. The molecule has 0 aliphatic carbocycles. The zero-order valence-electron chi connectivity index (χ0n) is 14.7. The summed E-state index contributed by atoms with van der Waals surface area (Å²) in [4.78, 5) is 24.4. The number of ether oxygens (including phenoxy) is 1. The van der Waals surface area contributed by atoms with Crippen LogP contribution in [0.1, 0.15) is 46.3 Å². The van der Waals surface area contributed by atoms with Gasteiger partial charge in [-0.15, -0.1) is 0 Å². The molecule has 0 spiro atoms. The first-order chi connectivity index (χ1) is 11.0. The second-order valence-electron chi connectivity index (χ2n) is 6.89. The van der Waals surface area contributed by atoms with Gasteiger partial charge in [-0.2, -0.15) is 4.98 Å². The molecular weight excluding hydrogens is 312 g/mol. The van der Waals surface area contributed by atoms with Gasteiger partial charge < -0.3 is 20.3 Å². The fraction of sp³-hybridized carbons (Fsp3) is 0.533. The predicted molar refractivity (Wildman–Crippen MR) is 86.9 cm³/mol. The second-order valence-corrected chi connectivity index (χ2v) is 6.89. The number of carbonyl (C=O) groups is 1. The Labute approximate surface area is 140 Å². The lowest BCUT2D eigenvalue weighted by molar-refractivity contribution is 0.0465. The van der Waals surface area contributed by atoms with Gasteiger partial charge in [0, 0.05) is 6.20 Å². The Bertz CT molecular complexity index is 748. The molecule has 0 saturated heterocycles. The Morgan fingerprint density at radius 3 is 2.50 bits per heavy atom. The average molecular weight is 334 g/mol. The minimum Gasteiger partial charge on any atom is -0.444 e. The van der Waals surface area contributed by atoms with Gasteiger partial charge in [0.25, 0.3) is 5.89 Å². The summed E-state index contributed by atoms with van der Waals surface area (Å²) in [5.74, 6) is 1.25. The number of carbonyl (C=O) groups excluding carboxylic acids is 1. The van der Waals surface area contributed by atoms with Crippen LogP contribution in [-0.4, -0.2) is 31.8 Å². The number of nitrogens with two attached hydrogens (primary N) is 1. The van der Waals surface area contributed by atoms with Crippen molar-refractivity contribution in [2.75, 3.05) is 5.73 Å². The fourth-order valence-electron chi connectivity index (χ4n) is 1.85. The molecule has 0 aliphatic heterocycles. The lowest BCUT2D eigenvalue weighted by atomic mass is 10.1. The van der Waals surface area contributed by atoms with E-state index in [9.17, 15) is 4.79 Å². The Morgan fingerprint density at radius 1 is 1.25 bits per heavy atom. The summed E-state index contributed by atoms with van der Waals surface area (Å²) in [6.07, 6.45) is 0.945. The first kappa shape index (κ1) is 17.6. The maximum Gasteiger partial charge on any atom is 0.408 e. The fourth-order valence-corrected chi connectivity index (χ4v) is 1.85. The molecule has 2 heterocycles. The predicted octanol–water partition coefficient (Wildman–Crippen LogP) is 2.18. The Balaban J connectivity index is 2.21. The third kappa shape index (κ3) is 4.18. The summed E-state index contributed by atoms with van der Waals surface area (Å²) < 4.78 is 10.5. The molecule has 0 bridgehead atoms. The van der Waals surface area contributed by atoms with Crippen LogP contribution in [0.5, 0.6) is 0 Å². The highest BCUT2D eigenvalue weighted by atomic mass is 16.6. The molecule has 24 heavy (non-hydrogen) atoms. The number of nitrogen functional groups attached to an aromatic ring is 1. The number of alkyl carbamates (subject to hydrolysis) is 1. The van der Waals surface area contributed by atoms with Crippen LogP contribution in [-0.2, 0) is 10.3 Å². The molecule has 0 fully saturated rings. The summed E-state index contributed by atoms with van der Waals surface area (Å²) in [6.45, 7) is 10.6. The van der Waals surface area contributed by atoms with E-state index in [1.807, 2.05) is 0 Å². The number of hydrogen-bond acceptors (Lipinski definition) is 8. The summed E-state index contributed by atoms with van der Waals surface area (Å²) in [7, 11) is 0. The molecule has 0 aliphatic rings. The van der Waals surface area contributed by atoms with E-state index in [0.29, 0.717) is 11.4 Å². The van der Waals surface area contributed by atoms with Gasteiger partial charge in [-0.05, 0) is 41.5 Å². The highest BCUT2D eigenvalue weighted by molar-refractivity contribution is 5.69. The SMILES string of the molecule is Cc1ncc(-c2nc(C(C)(C)NC(=O)OC(C)(C)C)no2)c(N)n1. The quantitative estimate of drug-likeness (QED) is 0.873. The molecule has 2 rings (SSSR count). The molecule has 130 valence electrons. The van der Waals surface area contributed by atoms with Gasteiger partial charge in [-0.3, -0.25) is 0 Å². The summed E-state index contributed by atoms with van der Waals surface area (Å²) in [6, 6.07) is 0. The number of aryl methyl sites for hydroxylation is 1. The third-order valence-corrected chi connectivity index (χ3v) is 2.97.